The van der Waals surface area contributed by atoms with E-state index >= 15 is 0 Å². The van der Waals surface area contributed by atoms with Gasteiger partial charge >= 0.3 is 0 Å². The summed E-state index contributed by atoms with van der Waals surface area (Å²) >= 11 is 1.31. The van der Waals surface area contributed by atoms with Crippen molar-refractivity contribution < 1.29 is 9.21 Å². The number of hydrogen-bond acceptors (Lipinski definition) is 5. The van der Waals surface area contributed by atoms with Gasteiger partial charge in [0.1, 0.15) is 11.6 Å². The Kier molecular flexibility index (Phi) is 5.28. The lowest BCUT2D eigenvalue weighted by molar-refractivity contribution is -0.115. The molecular formula is C15H22N4O2S. The largest absolute Gasteiger partial charge is 0.437 e. The van der Waals surface area contributed by atoms with Crippen LogP contribution in [0.25, 0.3) is 0 Å². The highest BCUT2D eigenvalue weighted by Crippen LogP contribution is 2.25. The zero-order chi connectivity index (χ0) is 16.3. The average molecular weight is 322 g/mol. The number of aryl methyl sites for hydroxylation is 2. The fourth-order valence-corrected chi connectivity index (χ4v) is 2.69. The summed E-state index contributed by atoms with van der Waals surface area (Å²) in [7, 11) is 0. The van der Waals surface area contributed by atoms with Crippen molar-refractivity contribution in [3.8, 4) is 0 Å². The molecule has 0 unspecified atom stereocenters. The van der Waals surface area contributed by atoms with Crippen LogP contribution in [0.1, 0.15) is 44.7 Å². The highest BCUT2D eigenvalue weighted by Gasteiger charge is 2.20. The van der Waals surface area contributed by atoms with Gasteiger partial charge in [-0.15, -0.1) is 0 Å². The number of nitrogens with one attached hydrogen (secondary N) is 1. The van der Waals surface area contributed by atoms with Crippen molar-refractivity contribution in [3.05, 3.63) is 23.7 Å². The number of nitrogens with zero attached hydrogens (tertiary/aromatic N) is 3. The van der Waals surface area contributed by atoms with E-state index < -0.39 is 0 Å². The van der Waals surface area contributed by atoms with Gasteiger partial charge in [-0.3, -0.25) is 4.79 Å². The van der Waals surface area contributed by atoms with E-state index in [-0.39, 0.29) is 17.2 Å². The standard InChI is InChI=1S/C15H22N4O2S/c1-6-9(2)19-13(7-8-16-19)18-14(20)12(5)22-15-17-10(3)11(4)21-15/h7-9,12H,6H2,1-5H3,(H,18,20)/t9-,12-/m1/s1. The van der Waals surface area contributed by atoms with Crippen LogP contribution < -0.4 is 5.32 Å². The Labute approximate surface area is 134 Å². The molecule has 7 heteroatoms. The first-order valence-corrected chi connectivity index (χ1v) is 8.25. The van der Waals surface area contributed by atoms with Crippen molar-refractivity contribution in [2.45, 2.75) is 57.6 Å². The van der Waals surface area contributed by atoms with E-state index in [0.717, 1.165) is 17.9 Å². The van der Waals surface area contributed by atoms with Gasteiger partial charge in [0, 0.05) is 6.07 Å². The molecule has 0 fully saturated rings. The minimum Gasteiger partial charge on any atom is -0.437 e. The molecule has 2 rings (SSSR count). The SMILES string of the molecule is CC[C@@H](C)n1nccc1NC(=O)[C@@H](C)Sc1nc(C)c(C)o1. The number of rotatable bonds is 6. The third kappa shape index (κ3) is 3.71. The molecule has 2 aromatic rings. The molecule has 0 radical (unpaired) electrons. The first-order chi connectivity index (χ1) is 10.4. The number of aromatic nitrogens is 3. The lowest BCUT2D eigenvalue weighted by atomic mass is 10.3. The second kappa shape index (κ2) is 7.00. The van der Waals surface area contributed by atoms with Crippen molar-refractivity contribution >= 4 is 23.5 Å². The van der Waals surface area contributed by atoms with Gasteiger partial charge in [-0.1, -0.05) is 18.7 Å². The molecule has 120 valence electrons. The minimum atomic E-state index is -0.308. The van der Waals surface area contributed by atoms with Gasteiger partial charge in [-0.05, 0) is 34.1 Å². The molecule has 0 aliphatic heterocycles. The molecule has 0 spiro atoms. The Morgan fingerprint density at radius 3 is 2.77 bits per heavy atom. The number of thioether (sulfide) groups is 1. The summed E-state index contributed by atoms with van der Waals surface area (Å²) in [5, 5.41) is 7.39. The zero-order valence-corrected chi connectivity index (χ0v) is 14.4. The van der Waals surface area contributed by atoms with Crippen molar-refractivity contribution in [3.63, 3.8) is 0 Å². The molecule has 1 amide bonds. The van der Waals surface area contributed by atoms with Gasteiger partial charge in [0.25, 0.3) is 5.22 Å². The van der Waals surface area contributed by atoms with E-state index in [1.807, 2.05) is 25.5 Å². The normalized spacial score (nSPS) is 13.9. The number of hydrogen-bond donors (Lipinski definition) is 1. The monoisotopic (exact) mass is 322 g/mol. The summed E-state index contributed by atoms with van der Waals surface area (Å²) in [5.74, 6) is 1.40. The maximum absolute atomic E-state index is 12.3. The predicted molar refractivity (Wildman–Crippen MR) is 87.2 cm³/mol. The van der Waals surface area contributed by atoms with E-state index in [0.29, 0.717) is 11.0 Å². The number of carbonyl (C=O) groups excluding carboxylic acids is 1. The Hall–Kier alpha value is -1.76. The van der Waals surface area contributed by atoms with Crippen LogP contribution in [0.2, 0.25) is 0 Å². The Bertz CT molecular complexity index is 630. The van der Waals surface area contributed by atoms with E-state index in [1.54, 1.807) is 12.3 Å². The highest BCUT2D eigenvalue weighted by molar-refractivity contribution is 8.00. The summed E-state index contributed by atoms with van der Waals surface area (Å²) in [6, 6.07) is 2.05. The van der Waals surface area contributed by atoms with Crippen LogP contribution in [0, 0.1) is 13.8 Å². The van der Waals surface area contributed by atoms with E-state index in [4.69, 9.17) is 4.42 Å². The third-order valence-electron chi connectivity index (χ3n) is 3.59. The second-order valence-corrected chi connectivity index (χ2v) is 6.58. The first-order valence-electron chi connectivity index (χ1n) is 7.37. The van der Waals surface area contributed by atoms with Gasteiger partial charge in [-0.2, -0.15) is 5.10 Å². The Morgan fingerprint density at radius 1 is 1.45 bits per heavy atom. The summed E-state index contributed by atoms with van der Waals surface area (Å²) in [4.78, 5) is 16.6. The van der Waals surface area contributed by atoms with Gasteiger partial charge in [0.2, 0.25) is 5.91 Å². The van der Waals surface area contributed by atoms with Crippen LogP contribution in [0.3, 0.4) is 0 Å². The lowest BCUT2D eigenvalue weighted by Crippen LogP contribution is -2.24. The topological polar surface area (TPSA) is 73.0 Å². The Morgan fingerprint density at radius 2 is 2.18 bits per heavy atom. The predicted octanol–water partition coefficient (Wildman–Crippen LogP) is 3.58. The molecule has 6 nitrogen and oxygen atoms in total. The van der Waals surface area contributed by atoms with E-state index in [2.05, 4.69) is 29.2 Å². The molecule has 22 heavy (non-hydrogen) atoms. The molecule has 2 atom stereocenters. The molecule has 2 heterocycles. The fourth-order valence-electron chi connectivity index (χ4n) is 1.86. The molecule has 0 saturated carbocycles. The van der Waals surface area contributed by atoms with Crippen LogP contribution in [-0.4, -0.2) is 25.9 Å². The number of anilines is 1. The average Bonchev–Trinajstić information content (AvgIpc) is 3.05. The van der Waals surface area contributed by atoms with Gasteiger partial charge < -0.3 is 9.73 Å². The molecule has 2 aromatic heterocycles. The van der Waals surface area contributed by atoms with Gasteiger partial charge in [0.05, 0.1) is 23.2 Å². The van der Waals surface area contributed by atoms with Gasteiger partial charge in [-0.25, -0.2) is 9.67 Å². The summed E-state index contributed by atoms with van der Waals surface area (Å²) < 4.78 is 7.33. The van der Waals surface area contributed by atoms with E-state index in [9.17, 15) is 4.79 Å². The third-order valence-corrected chi connectivity index (χ3v) is 4.53. The van der Waals surface area contributed by atoms with Crippen molar-refractivity contribution in [1.82, 2.24) is 14.8 Å². The second-order valence-electron chi connectivity index (χ2n) is 5.29. The van der Waals surface area contributed by atoms with Crippen LogP contribution in [0.5, 0.6) is 0 Å². The zero-order valence-electron chi connectivity index (χ0n) is 13.6. The van der Waals surface area contributed by atoms with E-state index in [1.165, 1.54) is 11.8 Å². The summed E-state index contributed by atoms with van der Waals surface area (Å²) in [6.45, 7) is 9.74. The molecule has 0 saturated heterocycles. The van der Waals surface area contributed by atoms with Crippen LogP contribution >= 0.6 is 11.8 Å². The highest BCUT2D eigenvalue weighted by atomic mass is 32.2. The number of oxazole rings is 1. The molecule has 1 N–H and O–H groups in total. The molecule has 0 aliphatic carbocycles. The number of carbonyl (C=O) groups is 1. The van der Waals surface area contributed by atoms with Crippen molar-refractivity contribution in [2.75, 3.05) is 5.32 Å². The van der Waals surface area contributed by atoms with Crippen LogP contribution in [0.4, 0.5) is 5.82 Å². The molecular weight excluding hydrogens is 300 g/mol. The van der Waals surface area contributed by atoms with Crippen molar-refractivity contribution in [1.29, 1.82) is 0 Å². The van der Waals surface area contributed by atoms with Crippen LogP contribution in [-0.2, 0) is 4.79 Å². The molecule has 0 bridgehead atoms. The first kappa shape index (κ1) is 16.6. The fraction of sp³-hybridized carbons (Fsp3) is 0.533. The molecule has 0 aromatic carbocycles. The quantitative estimate of drug-likeness (QED) is 0.823. The molecule has 0 aliphatic rings. The van der Waals surface area contributed by atoms with Gasteiger partial charge in [0.15, 0.2) is 0 Å². The smallest absolute Gasteiger partial charge is 0.256 e. The van der Waals surface area contributed by atoms with Crippen LogP contribution in [0.15, 0.2) is 21.9 Å². The maximum atomic E-state index is 12.3. The Balaban J connectivity index is 2.01. The minimum absolute atomic E-state index is 0.0939. The maximum Gasteiger partial charge on any atom is 0.256 e. The lowest BCUT2D eigenvalue weighted by Gasteiger charge is -2.15. The van der Waals surface area contributed by atoms with Crippen molar-refractivity contribution in [2.24, 2.45) is 0 Å². The summed E-state index contributed by atoms with van der Waals surface area (Å²) in [5.41, 5.74) is 0.852. The number of amides is 1. The summed E-state index contributed by atoms with van der Waals surface area (Å²) in [6.07, 6.45) is 2.64.